The van der Waals surface area contributed by atoms with Crippen LogP contribution in [0.4, 0.5) is 0 Å². The van der Waals surface area contributed by atoms with Gasteiger partial charge in [-0.05, 0) is 37.6 Å². The topological polar surface area (TPSA) is 78.7 Å². The third-order valence-electron chi connectivity index (χ3n) is 8.51. The molecule has 7 heteroatoms. The molecule has 1 fully saturated rings. The second kappa shape index (κ2) is 15.7. The predicted octanol–water partition coefficient (Wildman–Crippen LogP) is 7.00. The summed E-state index contributed by atoms with van der Waals surface area (Å²) in [6, 6.07) is 14.1. The fraction of sp³-hybridized carbons (Fsp3) is 0.559. The molecule has 3 aromatic rings. The number of carbonyl (C=O) groups excluding carboxylic acids is 1. The number of fused-ring (bicyclic) bond motifs is 1. The summed E-state index contributed by atoms with van der Waals surface area (Å²) in [5, 5.41) is 11.1. The van der Waals surface area contributed by atoms with E-state index >= 15 is 0 Å². The summed E-state index contributed by atoms with van der Waals surface area (Å²) in [5.41, 5.74) is 0.880. The number of phenolic OH excluding ortho intramolecular Hbond substituents is 1. The number of para-hydroxylation sites is 3. The molecule has 1 atom stereocenters. The Balaban J connectivity index is 1.29. The van der Waals surface area contributed by atoms with Crippen LogP contribution in [0, 0.1) is 0 Å². The van der Waals surface area contributed by atoms with Crippen LogP contribution in [-0.4, -0.2) is 56.5 Å². The lowest BCUT2D eigenvalue weighted by Crippen LogP contribution is -2.49. The number of piperazine rings is 1. The third-order valence-corrected chi connectivity index (χ3v) is 8.51. The number of rotatable bonds is 15. The SMILES string of the molecule is CCCCCCCCCCCCCC(=O)N1CCN(C(C)c2nc3ccccc3c(=O)n2-c2ccccc2O)CC1. The minimum absolute atomic E-state index is 0.0398. The number of aromatic hydroxyl groups is 1. The van der Waals surface area contributed by atoms with Crippen molar-refractivity contribution in [2.24, 2.45) is 0 Å². The lowest BCUT2D eigenvalue weighted by molar-refractivity contribution is -0.133. The zero-order valence-electron chi connectivity index (χ0n) is 25.1. The molecular formula is C34H48N4O3. The molecule has 1 unspecified atom stereocenters. The quantitative estimate of drug-likeness (QED) is 0.203. The van der Waals surface area contributed by atoms with Crippen LogP contribution < -0.4 is 5.56 Å². The molecule has 1 aromatic heterocycles. The first kappa shape index (κ1) is 30.8. The minimum atomic E-state index is -0.195. The van der Waals surface area contributed by atoms with E-state index in [-0.39, 0.29) is 23.3 Å². The van der Waals surface area contributed by atoms with Crippen LogP contribution >= 0.6 is 0 Å². The Hall–Kier alpha value is -3.19. The maximum atomic E-state index is 13.6. The van der Waals surface area contributed by atoms with Crippen LogP contribution in [0.25, 0.3) is 16.6 Å². The van der Waals surface area contributed by atoms with Crippen LogP contribution in [0.1, 0.15) is 103 Å². The molecule has 222 valence electrons. The number of carbonyl (C=O) groups is 1. The first-order valence-electron chi connectivity index (χ1n) is 15.8. The summed E-state index contributed by atoms with van der Waals surface area (Å²) < 4.78 is 1.55. The van der Waals surface area contributed by atoms with Crippen molar-refractivity contribution in [1.82, 2.24) is 19.4 Å². The summed E-state index contributed by atoms with van der Waals surface area (Å²) in [5.74, 6) is 0.886. The summed E-state index contributed by atoms with van der Waals surface area (Å²) in [6.45, 7) is 7.10. The summed E-state index contributed by atoms with van der Waals surface area (Å²) in [4.78, 5) is 35.7. The predicted molar refractivity (Wildman–Crippen MR) is 167 cm³/mol. The molecule has 2 heterocycles. The molecule has 1 aliphatic heterocycles. The van der Waals surface area contributed by atoms with Gasteiger partial charge in [-0.2, -0.15) is 0 Å². The highest BCUT2D eigenvalue weighted by Crippen LogP contribution is 2.27. The van der Waals surface area contributed by atoms with Gasteiger partial charge in [-0.15, -0.1) is 0 Å². The molecule has 1 saturated heterocycles. The van der Waals surface area contributed by atoms with Crippen LogP contribution in [0.3, 0.4) is 0 Å². The first-order chi connectivity index (χ1) is 20.0. The summed E-state index contributed by atoms with van der Waals surface area (Å²) in [7, 11) is 0. The van der Waals surface area contributed by atoms with E-state index in [2.05, 4.69) is 18.7 Å². The molecule has 1 amide bonds. The number of nitrogens with zero attached hydrogens (tertiary/aromatic N) is 4. The molecule has 1 N–H and O–H groups in total. The Morgan fingerprint density at radius 1 is 0.829 bits per heavy atom. The summed E-state index contributed by atoms with van der Waals surface area (Å²) >= 11 is 0. The number of unbranched alkanes of at least 4 members (excludes halogenated alkanes) is 10. The number of hydrogen-bond acceptors (Lipinski definition) is 5. The van der Waals surface area contributed by atoms with Crippen molar-refractivity contribution in [3.8, 4) is 11.4 Å². The van der Waals surface area contributed by atoms with Crippen molar-refractivity contribution in [3.63, 3.8) is 0 Å². The molecule has 0 aliphatic carbocycles. The van der Waals surface area contributed by atoms with Gasteiger partial charge in [-0.3, -0.25) is 19.1 Å². The molecule has 1 aliphatic rings. The highest BCUT2D eigenvalue weighted by Gasteiger charge is 2.28. The minimum Gasteiger partial charge on any atom is -0.506 e. The molecule has 0 radical (unpaired) electrons. The molecule has 41 heavy (non-hydrogen) atoms. The number of aromatic nitrogens is 2. The largest absolute Gasteiger partial charge is 0.506 e. The van der Waals surface area contributed by atoms with Gasteiger partial charge in [0, 0.05) is 32.6 Å². The van der Waals surface area contributed by atoms with Crippen molar-refractivity contribution < 1.29 is 9.90 Å². The zero-order valence-corrected chi connectivity index (χ0v) is 25.1. The molecule has 4 rings (SSSR count). The highest BCUT2D eigenvalue weighted by atomic mass is 16.3. The van der Waals surface area contributed by atoms with Gasteiger partial charge < -0.3 is 10.0 Å². The highest BCUT2D eigenvalue weighted by molar-refractivity contribution is 5.78. The smallest absolute Gasteiger partial charge is 0.266 e. The molecule has 0 spiro atoms. The van der Waals surface area contributed by atoms with E-state index in [0.29, 0.717) is 55.0 Å². The van der Waals surface area contributed by atoms with E-state index in [0.717, 1.165) is 12.8 Å². The Morgan fingerprint density at radius 3 is 2.07 bits per heavy atom. The van der Waals surface area contributed by atoms with Gasteiger partial charge >= 0.3 is 0 Å². The molecule has 0 bridgehead atoms. The van der Waals surface area contributed by atoms with Gasteiger partial charge in [0.05, 0.1) is 22.6 Å². The van der Waals surface area contributed by atoms with E-state index < -0.39 is 0 Å². The average molecular weight is 561 g/mol. The Labute approximate surface area is 245 Å². The first-order valence-corrected chi connectivity index (χ1v) is 15.8. The van der Waals surface area contributed by atoms with Crippen LogP contribution in [0.2, 0.25) is 0 Å². The fourth-order valence-electron chi connectivity index (χ4n) is 5.94. The van der Waals surface area contributed by atoms with E-state index in [1.165, 1.54) is 57.8 Å². The lowest BCUT2D eigenvalue weighted by Gasteiger charge is -2.38. The van der Waals surface area contributed by atoms with Crippen LogP contribution in [0.5, 0.6) is 5.75 Å². The van der Waals surface area contributed by atoms with Crippen molar-refractivity contribution in [2.75, 3.05) is 26.2 Å². The van der Waals surface area contributed by atoms with Crippen LogP contribution in [0.15, 0.2) is 53.3 Å². The van der Waals surface area contributed by atoms with Crippen molar-refractivity contribution >= 4 is 16.8 Å². The van der Waals surface area contributed by atoms with Crippen molar-refractivity contribution in [1.29, 1.82) is 0 Å². The van der Waals surface area contributed by atoms with Crippen molar-refractivity contribution in [3.05, 3.63) is 64.7 Å². The van der Waals surface area contributed by atoms with Gasteiger partial charge in [-0.25, -0.2) is 4.98 Å². The van der Waals surface area contributed by atoms with Gasteiger partial charge in [0.15, 0.2) is 0 Å². The Kier molecular flexibility index (Phi) is 11.8. The zero-order chi connectivity index (χ0) is 29.0. The molecule has 2 aromatic carbocycles. The van der Waals surface area contributed by atoms with Gasteiger partial charge in [0.1, 0.15) is 11.6 Å². The van der Waals surface area contributed by atoms with Gasteiger partial charge in [0.2, 0.25) is 5.91 Å². The fourth-order valence-corrected chi connectivity index (χ4v) is 5.94. The van der Waals surface area contributed by atoms with Crippen LogP contribution in [-0.2, 0) is 4.79 Å². The summed E-state index contributed by atoms with van der Waals surface area (Å²) in [6.07, 6.45) is 14.7. The third kappa shape index (κ3) is 8.19. The normalized spacial score (nSPS) is 14.9. The average Bonchev–Trinajstić information content (AvgIpc) is 3.00. The van der Waals surface area contributed by atoms with Gasteiger partial charge in [-0.1, -0.05) is 95.4 Å². The lowest BCUT2D eigenvalue weighted by atomic mass is 10.0. The number of benzene rings is 2. The standard InChI is InChI=1S/C34H48N4O3/c1-3-4-5-6-7-8-9-10-11-12-13-22-32(40)37-25-23-36(24-26-37)27(2)33-35-29-19-15-14-18-28(29)34(41)38(33)30-20-16-17-21-31(30)39/h14-21,27,39H,3-13,22-26H2,1-2H3. The van der Waals surface area contributed by atoms with Gasteiger partial charge in [0.25, 0.3) is 5.56 Å². The number of amides is 1. The van der Waals surface area contributed by atoms with E-state index in [9.17, 15) is 14.7 Å². The van der Waals surface area contributed by atoms with E-state index in [1.54, 1.807) is 28.8 Å². The Morgan fingerprint density at radius 2 is 1.41 bits per heavy atom. The van der Waals surface area contributed by atoms with E-state index in [4.69, 9.17) is 4.98 Å². The van der Waals surface area contributed by atoms with E-state index in [1.807, 2.05) is 29.2 Å². The number of hydrogen-bond donors (Lipinski definition) is 1. The number of phenols is 1. The molecule has 0 saturated carbocycles. The molecular weight excluding hydrogens is 512 g/mol. The maximum Gasteiger partial charge on any atom is 0.266 e. The van der Waals surface area contributed by atoms with Crippen molar-refractivity contribution in [2.45, 2.75) is 96.9 Å². The monoisotopic (exact) mass is 560 g/mol. The second-order valence-electron chi connectivity index (χ2n) is 11.5. The molecule has 7 nitrogen and oxygen atoms in total. The second-order valence-corrected chi connectivity index (χ2v) is 11.5. The Bertz CT molecular complexity index is 1310. The maximum absolute atomic E-state index is 13.6.